The van der Waals surface area contributed by atoms with E-state index in [0.717, 1.165) is 18.4 Å². The second kappa shape index (κ2) is 14.0. The zero-order valence-electron chi connectivity index (χ0n) is 29.8. The zero-order valence-corrected chi connectivity index (χ0v) is 30.6. The summed E-state index contributed by atoms with van der Waals surface area (Å²) in [4.78, 5) is 59.9. The third kappa shape index (κ3) is 7.26. The Kier molecular flexibility index (Phi) is 10.1. The van der Waals surface area contributed by atoms with Crippen LogP contribution in [0, 0.1) is 17.7 Å². The second-order valence-electron chi connectivity index (χ2n) is 14.7. The Bertz CT molecular complexity index is 1860. The van der Waals surface area contributed by atoms with Crippen LogP contribution in [0.5, 0.6) is 17.4 Å². The van der Waals surface area contributed by atoms with E-state index in [9.17, 15) is 27.7 Å². The van der Waals surface area contributed by atoms with Gasteiger partial charge in [-0.25, -0.2) is 13.4 Å². The number of ether oxygens (including phenoxy) is 3. The van der Waals surface area contributed by atoms with Gasteiger partial charge in [-0.05, 0) is 78.4 Å². The first kappa shape index (κ1) is 36.5. The highest BCUT2D eigenvalue weighted by atomic mass is 32.2. The Morgan fingerprint density at radius 2 is 1.92 bits per heavy atom. The summed E-state index contributed by atoms with van der Waals surface area (Å²) in [6.07, 6.45) is 7.10. The molecular formula is C36H47N5O9S. The van der Waals surface area contributed by atoms with E-state index in [1.807, 2.05) is 39.0 Å². The minimum absolute atomic E-state index is 0.0302. The first-order chi connectivity index (χ1) is 24.2. The average Bonchev–Trinajstić information content (AvgIpc) is 3.96. The molecule has 1 aromatic carbocycles. The minimum Gasteiger partial charge on any atom is -0.496 e. The Labute approximate surface area is 298 Å². The van der Waals surface area contributed by atoms with Crippen molar-refractivity contribution in [2.45, 2.75) is 120 Å². The highest BCUT2D eigenvalue weighted by Gasteiger charge is 2.63. The summed E-state index contributed by atoms with van der Waals surface area (Å²) in [5.74, 6) is -1.08. The van der Waals surface area contributed by atoms with Crippen LogP contribution in [0.25, 0.3) is 10.9 Å². The molecule has 3 fully saturated rings. The van der Waals surface area contributed by atoms with Gasteiger partial charge in [-0.2, -0.15) is 0 Å². The lowest BCUT2D eigenvalue weighted by molar-refractivity contribution is -0.140. The van der Waals surface area contributed by atoms with Crippen LogP contribution in [0.1, 0.15) is 84.1 Å². The lowest BCUT2D eigenvalue weighted by Gasteiger charge is -2.27. The quantitative estimate of drug-likeness (QED) is 0.281. The van der Waals surface area contributed by atoms with Gasteiger partial charge in [0.05, 0.1) is 30.0 Å². The van der Waals surface area contributed by atoms with Crippen LogP contribution < -0.4 is 24.2 Å². The predicted octanol–water partition coefficient (Wildman–Crippen LogP) is 4.22. The number of nitroso groups, excluding NO2 is 1. The largest absolute Gasteiger partial charge is 0.496 e. The van der Waals surface area contributed by atoms with E-state index in [1.165, 1.54) is 4.90 Å². The van der Waals surface area contributed by atoms with E-state index >= 15 is 0 Å². The summed E-state index contributed by atoms with van der Waals surface area (Å²) < 4.78 is 45.3. The fourth-order valence-corrected chi connectivity index (χ4v) is 8.36. The number of aryl methyl sites for hydroxylation is 1. The fraction of sp³-hybridized carbons (Fsp3) is 0.611. The van der Waals surface area contributed by atoms with E-state index in [1.54, 1.807) is 26.2 Å². The van der Waals surface area contributed by atoms with Crippen LogP contribution in [0.2, 0.25) is 0 Å². The zero-order chi connectivity index (χ0) is 36.7. The molecule has 2 aromatic rings. The average molecular weight is 726 g/mol. The van der Waals surface area contributed by atoms with Gasteiger partial charge in [0.2, 0.25) is 21.8 Å². The normalized spacial score (nSPS) is 27.8. The first-order valence-corrected chi connectivity index (χ1v) is 19.2. The van der Waals surface area contributed by atoms with Crippen molar-refractivity contribution in [3.63, 3.8) is 0 Å². The Morgan fingerprint density at radius 1 is 1.16 bits per heavy atom. The molecule has 4 aliphatic rings. The van der Waals surface area contributed by atoms with Gasteiger partial charge in [-0.15, -0.1) is 4.91 Å². The summed E-state index contributed by atoms with van der Waals surface area (Å²) in [5, 5.41) is 6.68. The number of sulfonamides is 1. The van der Waals surface area contributed by atoms with Crippen LogP contribution >= 0.6 is 0 Å². The van der Waals surface area contributed by atoms with Crippen LogP contribution in [0.4, 0.5) is 0 Å². The summed E-state index contributed by atoms with van der Waals surface area (Å²) in [7, 11) is -2.40. The van der Waals surface area contributed by atoms with Crippen molar-refractivity contribution in [3.8, 4) is 17.4 Å². The molecule has 0 bridgehead atoms. The van der Waals surface area contributed by atoms with E-state index in [-0.39, 0.29) is 31.9 Å². The van der Waals surface area contributed by atoms with Gasteiger partial charge in [0, 0.05) is 29.4 Å². The Hall–Kier alpha value is -4.27. The lowest BCUT2D eigenvalue weighted by Crippen LogP contribution is -2.57. The summed E-state index contributed by atoms with van der Waals surface area (Å²) >= 11 is 0. The second-order valence-corrected chi connectivity index (χ2v) is 16.9. The molecule has 2 aliphatic heterocycles. The molecule has 5 unspecified atom stereocenters. The Morgan fingerprint density at radius 3 is 2.61 bits per heavy atom. The molecule has 15 heteroatoms. The van der Waals surface area contributed by atoms with Crippen molar-refractivity contribution in [1.82, 2.24) is 19.9 Å². The number of allylic oxidation sites excluding steroid dienone is 1. The molecule has 276 valence electrons. The molecule has 0 spiro atoms. The number of carbonyl (C=O) groups excluding carboxylic acids is 3. The molecule has 2 N–H and O–H groups in total. The molecule has 2 saturated carbocycles. The number of nitrogens with one attached hydrogen (secondary N) is 2. The standard InChI is InChI=1S/C36H47N5O9S/c1-21(2)49-30-18-29(25-13-14-28(48-5)22(3)31(25)37-30)50-24-17-27-32(42)38-36(34(44)40-51(46,47)35(4)15-16-35)19-23(36)11-9-7-6-8-10-12-26(39-45)33(43)41(27)20-24/h9,11,13-14,18,21,23-24,26-27H,6-8,10,12,15-17,19-20H2,1-5H3,(H,38,42)(H,40,44). The molecule has 2 aliphatic carbocycles. The monoisotopic (exact) mass is 725 g/mol. The molecule has 6 rings (SSSR count). The highest BCUT2D eigenvalue weighted by Crippen LogP contribution is 2.47. The van der Waals surface area contributed by atoms with Gasteiger partial charge in [-0.3, -0.25) is 19.1 Å². The van der Waals surface area contributed by atoms with Crippen molar-refractivity contribution in [2.24, 2.45) is 11.1 Å². The summed E-state index contributed by atoms with van der Waals surface area (Å²) in [5.41, 5.74) is -0.134. The first-order valence-electron chi connectivity index (χ1n) is 17.7. The number of methoxy groups -OCH3 is 1. The topological polar surface area (TPSA) is 183 Å². The molecule has 0 radical (unpaired) electrons. The fourth-order valence-electron chi connectivity index (χ4n) is 7.05. The summed E-state index contributed by atoms with van der Waals surface area (Å²) in [6, 6.07) is 2.98. The number of amides is 3. The van der Waals surface area contributed by atoms with Gasteiger partial charge < -0.3 is 24.4 Å². The number of benzene rings is 1. The molecular weight excluding hydrogens is 678 g/mol. The number of rotatable bonds is 9. The van der Waals surface area contributed by atoms with Gasteiger partial charge in [0.25, 0.3) is 11.8 Å². The predicted molar refractivity (Wildman–Crippen MR) is 189 cm³/mol. The van der Waals surface area contributed by atoms with Gasteiger partial charge in [0.15, 0.2) is 6.04 Å². The molecule has 5 atom stereocenters. The van der Waals surface area contributed by atoms with Crippen molar-refractivity contribution < 1.29 is 37.0 Å². The number of fused-ring (bicyclic) bond motifs is 3. The number of carbonyl (C=O) groups is 3. The van der Waals surface area contributed by atoms with Gasteiger partial charge in [-0.1, -0.05) is 30.2 Å². The molecule has 3 heterocycles. The number of hydrogen-bond acceptors (Lipinski definition) is 11. The molecule has 14 nitrogen and oxygen atoms in total. The molecule has 51 heavy (non-hydrogen) atoms. The third-order valence-electron chi connectivity index (χ3n) is 10.6. The van der Waals surface area contributed by atoms with E-state index in [2.05, 4.69) is 15.2 Å². The maximum absolute atomic E-state index is 14.2. The van der Waals surface area contributed by atoms with Gasteiger partial charge >= 0.3 is 0 Å². The van der Waals surface area contributed by atoms with Crippen LogP contribution in [0.15, 0.2) is 35.5 Å². The van der Waals surface area contributed by atoms with E-state index in [4.69, 9.17) is 19.2 Å². The SMILES string of the molecule is COc1ccc2c(OC3CC4C(=O)NC5(C(=O)NS(=O)(=O)C6(C)CC6)CC5C=CCCCCCC(N=O)C(=O)N4C3)cc(OC(C)C)nc2c1C. The van der Waals surface area contributed by atoms with Gasteiger partial charge in [0.1, 0.15) is 29.2 Å². The Balaban J connectivity index is 1.33. The van der Waals surface area contributed by atoms with Crippen LogP contribution in [-0.2, 0) is 24.4 Å². The highest BCUT2D eigenvalue weighted by molar-refractivity contribution is 7.91. The lowest BCUT2D eigenvalue weighted by atomic mass is 10.1. The van der Waals surface area contributed by atoms with Crippen molar-refractivity contribution in [3.05, 3.63) is 40.8 Å². The van der Waals surface area contributed by atoms with E-state index < -0.39 is 62.1 Å². The van der Waals surface area contributed by atoms with Crippen LogP contribution in [-0.4, -0.2) is 84.3 Å². The smallest absolute Gasteiger partial charge is 0.259 e. The molecule has 3 amide bonds. The summed E-state index contributed by atoms with van der Waals surface area (Å²) in [6.45, 7) is 7.19. The number of nitrogens with zero attached hydrogens (tertiary/aromatic N) is 3. The molecule has 1 aromatic heterocycles. The maximum atomic E-state index is 14.2. The number of hydrogen-bond donors (Lipinski definition) is 2. The minimum atomic E-state index is -3.98. The van der Waals surface area contributed by atoms with Crippen molar-refractivity contribution in [2.75, 3.05) is 13.7 Å². The van der Waals surface area contributed by atoms with Crippen molar-refractivity contribution in [1.29, 1.82) is 0 Å². The van der Waals surface area contributed by atoms with Crippen molar-refractivity contribution >= 4 is 38.6 Å². The maximum Gasteiger partial charge on any atom is 0.259 e. The van der Waals surface area contributed by atoms with Crippen LogP contribution in [0.3, 0.4) is 0 Å². The molecule has 1 saturated heterocycles. The third-order valence-corrected chi connectivity index (χ3v) is 12.7. The van der Waals surface area contributed by atoms with E-state index in [0.29, 0.717) is 54.0 Å². The number of aromatic nitrogens is 1. The number of pyridine rings is 1.